The highest BCUT2D eigenvalue weighted by atomic mass is 19.1. The van der Waals surface area contributed by atoms with Crippen molar-refractivity contribution in [1.29, 1.82) is 0 Å². The second-order valence-electron chi connectivity index (χ2n) is 6.64. The number of aromatic nitrogens is 6. The number of halogens is 1. The second kappa shape index (κ2) is 7.07. The van der Waals surface area contributed by atoms with E-state index in [0.717, 1.165) is 5.56 Å². The quantitative estimate of drug-likeness (QED) is 0.473. The number of nitrogens with one attached hydrogen (secondary N) is 2. The first kappa shape index (κ1) is 18.0. The molecule has 10 heteroatoms. The van der Waals surface area contributed by atoms with E-state index in [9.17, 15) is 9.18 Å². The Morgan fingerprint density at radius 3 is 2.73 bits per heavy atom. The Balaban J connectivity index is 1.76. The molecule has 0 fully saturated rings. The zero-order valence-electron chi connectivity index (χ0n) is 15.8. The number of tetrazole rings is 1. The summed E-state index contributed by atoms with van der Waals surface area (Å²) in [5.74, 6) is 0.519. The van der Waals surface area contributed by atoms with Gasteiger partial charge >= 0.3 is 0 Å². The van der Waals surface area contributed by atoms with Crippen molar-refractivity contribution in [2.45, 2.75) is 13.0 Å². The first-order chi connectivity index (χ1) is 14.7. The first-order valence-corrected chi connectivity index (χ1v) is 9.32. The number of fused-ring (bicyclic) bond motifs is 2. The summed E-state index contributed by atoms with van der Waals surface area (Å²) in [7, 11) is 0. The van der Waals surface area contributed by atoms with E-state index in [4.69, 9.17) is 4.74 Å². The van der Waals surface area contributed by atoms with Crippen LogP contribution in [0.4, 0.5) is 16.0 Å². The zero-order chi connectivity index (χ0) is 20.7. The van der Waals surface area contributed by atoms with Crippen molar-refractivity contribution >= 4 is 11.6 Å². The van der Waals surface area contributed by atoms with Crippen molar-refractivity contribution in [1.82, 2.24) is 30.4 Å². The van der Waals surface area contributed by atoms with Crippen LogP contribution in [0.5, 0.6) is 5.75 Å². The Kier molecular flexibility index (Phi) is 4.24. The number of hydrogen-bond acceptors (Lipinski definition) is 7. The average molecular weight is 405 g/mol. The van der Waals surface area contributed by atoms with Gasteiger partial charge in [-0.05, 0) is 47.7 Å². The van der Waals surface area contributed by atoms with Gasteiger partial charge in [-0.25, -0.2) is 9.49 Å². The minimum Gasteiger partial charge on any atom is -0.494 e. The van der Waals surface area contributed by atoms with Gasteiger partial charge in [0.2, 0.25) is 5.95 Å². The van der Waals surface area contributed by atoms with E-state index < -0.39 is 17.4 Å². The smallest absolute Gasteiger partial charge is 0.288 e. The third kappa shape index (κ3) is 2.81. The van der Waals surface area contributed by atoms with Crippen LogP contribution in [-0.2, 0) is 0 Å². The van der Waals surface area contributed by atoms with E-state index in [2.05, 4.69) is 31.0 Å². The number of aromatic amines is 1. The molecule has 0 radical (unpaired) electrons. The summed E-state index contributed by atoms with van der Waals surface area (Å²) in [6.45, 7) is 2.45. The Labute approximate surface area is 169 Å². The summed E-state index contributed by atoms with van der Waals surface area (Å²) < 4.78 is 21.8. The van der Waals surface area contributed by atoms with Crippen molar-refractivity contribution in [3.8, 4) is 17.0 Å². The molecule has 0 spiro atoms. The molecule has 1 aliphatic heterocycles. The van der Waals surface area contributed by atoms with E-state index in [0.29, 0.717) is 29.2 Å². The summed E-state index contributed by atoms with van der Waals surface area (Å²) in [5.41, 5.74) is 1.79. The van der Waals surface area contributed by atoms with Gasteiger partial charge in [-0.2, -0.15) is 9.78 Å². The predicted octanol–water partition coefficient (Wildman–Crippen LogP) is 2.66. The van der Waals surface area contributed by atoms with Crippen LogP contribution in [-0.4, -0.2) is 37.0 Å². The Hall–Kier alpha value is -4.08. The van der Waals surface area contributed by atoms with Gasteiger partial charge in [0.15, 0.2) is 0 Å². The van der Waals surface area contributed by atoms with E-state index in [1.54, 1.807) is 18.2 Å². The molecule has 5 rings (SSSR count). The summed E-state index contributed by atoms with van der Waals surface area (Å²) in [5, 5.41) is 21.4. The number of benzene rings is 2. The molecule has 0 aliphatic carbocycles. The molecule has 1 aliphatic rings. The molecule has 0 unspecified atom stereocenters. The van der Waals surface area contributed by atoms with Gasteiger partial charge in [0, 0.05) is 16.7 Å². The summed E-state index contributed by atoms with van der Waals surface area (Å²) >= 11 is 0. The zero-order valence-corrected chi connectivity index (χ0v) is 15.8. The van der Waals surface area contributed by atoms with Gasteiger partial charge in [0.1, 0.15) is 23.3 Å². The van der Waals surface area contributed by atoms with Gasteiger partial charge in [-0.3, -0.25) is 4.79 Å². The maximum Gasteiger partial charge on any atom is 0.288 e. The predicted molar refractivity (Wildman–Crippen MR) is 106 cm³/mol. The molecule has 150 valence electrons. The Bertz CT molecular complexity index is 1280. The molecule has 3 heterocycles. The SMILES string of the molecule is CCOc1ccc(-c2n[nH]c(=O)c3c2[C@H](c2ccccc2F)n2nnnc2N3)cc1. The second-order valence-corrected chi connectivity index (χ2v) is 6.64. The van der Waals surface area contributed by atoms with Crippen LogP contribution in [0.2, 0.25) is 0 Å². The molecule has 9 nitrogen and oxygen atoms in total. The van der Waals surface area contributed by atoms with Crippen LogP contribution in [0, 0.1) is 5.82 Å². The molecule has 0 amide bonds. The fourth-order valence-corrected chi connectivity index (χ4v) is 3.62. The highest BCUT2D eigenvalue weighted by Gasteiger charge is 2.35. The molecule has 1 atom stereocenters. The monoisotopic (exact) mass is 405 g/mol. The maximum absolute atomic E-state index is 14.8. The van der Waals surface area contributed by atoms with Crippen molar-refractivity contribution in [3.63, 3.8) is 0 Å². The van der Waals surface area contributed by atoms with Crippen LogP contribution in [0.25, 0.3) is 11.3 Å². The van der Waals surface area contributed by atoms with Crippen LogP contribution in [0.1, 0.15) is 24.1 Å². The van der Waals surface area contributed by atoms with Gasteiger partial charge in [0.25, 0.3) is 5.56 Å². The minimum atomic E-state index is -0.774. The Morgan fingerprint density at radius 1 is 1.17 bits per heavy atom. The van der Waals surface area contributed by atoms with Crippen molar-refractivity contribution in [2.75, 3.05) is 11.9 Å². The molecule has 0 bridgehead atoms. The topological polar surface area (TPSA) is 111 Å². The lowest BCUT2D eigenvalue weighted by Gasteiger charge is -2.28. The number of nitrogens with zero attached hydrogens (tertiary/aromatic N) is 5. The maximum atomic E-state index is 14.8. The number of rotatable bonds is 4. The molecule has 2 aromatic carbocycles. The molecular weight excluding hydrogens is 389 g/mol. The summed E-state index contributed by atoms with van der Waals surface area (Å²) in [6.07, 6.45) is 0. The fraction of sp³-hybridized carbons (Fsp3) is 0.150. The van der Waals surface area contributed by atoms with E-state index in [1.807, 2.05) is 31.2 Å². The van der Waals surface area contributed by atoms with Crippen molar-refractivity contribution in [3.05, 3.63) is 75.8 Å². The van der Waals surface area contributed by atoms with Crippen LogP contribution >= 0.6 is 0 Å². The molecule has 2 N–H and O–H groups in total. The Morgan fingerprint density at radius 2 is 1.97 bits per heavy atom. The highest BCUT2D eigenvalue weighted by molar-refractivity contribution is 5.75. The van der Waals surface area contributed by atoms with Gasteiger partial charge in [0.05, 0.1) is 12.3 Å². The highest BCUT2D eigenvalue weighted by Crippen LogP contribution is 2.41. The molecule has 4 aromatic rings. The largest absolute Gasteiger partial charge is 0.494 e. The molecule has 2 aromatic heterocycles. The lowest BCUT2D eigenvalue weighted by Crippen LogP contribution is -2.29. The lowest BCUT2D eigenvalue weighted by molar-refractivity contribution is 0.340. The standard InChI is InChI=1S/C20H16FN7O2/c1-2-30-12-9-7-11(8-10-12)16-15-17(19(29)24-23-16)22-20-25-26-27-28(20)18(15)13-5-3-4-6-14(13)21/h3-10,18H,2H2,1H3,(H,24,29)(H,22,25,27)/t18-/m0/s1. The lowest BCUT2D eigenvalue weighted by atomic mass is 9.92. The van der Waals surface area contributed by atoms with Crippen molar-refractivity contribution in [2.24, 2.45) is 0 Å². The molecular formula is C20H16FN7O2. The van der Waals surface area contributed by atoms with Crippen LogP contribution in [0.15, 0.2) is 53.3 Å². The van der Waals surface area contributed by atoms with Gasteiger partial charge in [-0.1, -0.05) is 23.3 Å². The first-order valence-electron chi connectivity index (χ1n) is 9.32. The molecule has 30 heavy (non-hydrogen) atoms. The molecule has 0 saturated carbocycles. The number of ether oxygens (including phenoxy) is 1. The number of H-pyrrole nitrogens is 1. The molecule has 0 saturated heterocycles. The van der Waals surface area contributed by atoms with Gasteiger partial charge in [-0.15, -0.1) is 0 Å². The van der Waals surface area contributed by atoms with Crippen LogP contribution in [0.3, 0.4) is 0 Å². The number of hydrogen-bond donors (Lipinski definition) is 2. The third-order valence-corrected chi connectivity index (χ3v) is 4.91. The van der Waals surface area contributed by atoms with E-state index in [1.165, 1.54) is 10.7 Å². The summed E-state index contributed by atoms with van der Waals surface area (Å²) in [4.78, 5) is 12.6. The summed E-state index contributed by atoms with van der Waals surface area (Å²) in [6, 6.07) is 12.8. The van der Waals surface area contributed by atoms with Crippen molar-refractivity contribution < 1.29 is 9.13 Å². The van der Waals surface area contributed by atoms with Crippen LogP contribution < -0.4 is 15.6 Å². The number of anilines is 2. The fourth-order valence-electron chi connectivity index (χ4n) is 3.62. The average Bonchev–Trinajstić information content (AvgIpc) is 3.23. The third-order valence-electron chi connectivity index (χ3n) is 4.91. The van der Waals surface area contributed by atoms with E-state index in [-0.39, 0.29) is 11.6 Å². The minimum absolute atomic E-state index is 0.226. The van der Waals surface area contributed by atoms with E-state index >= 15 is 0 Å². The van der Waals surface area contributed by atoms with Gasteiger partial charge < -0.3 is 10.1 Å². The normalized spacial score (nSPS) is 14.5.